The SMILES string of the molecule is CCCN(CCC)C(=O)C1=Cc2sc(CCCCCNC(=O)CCOC)cc2N=C(N)C1. The van der Waals surface area contributed by atoms with Crippen LogP contribution in [0.3, 0.4) is 0 Å². The van der Waals surface area contributed by atoms with Crippen LogP contribution in [0.2, 0.25) is 0 Å². The molecule has 0 aromatic carbocycles. The molecule has 0 radical (unpaired) electrons. The molecule has 8 heteroatoms. The number of carbonyl (C=O) groups is 2. The van der Waals surface area contributed by atoms with E-state index in [4.69, 9.17) is 10.5 Å². The molecule has 3 N–H and O–H groups in total. The van der Waals surface area contributed by atoms with Crippen molar-refractivity contribution in [2.45, 2.75) is 65.2 Å². The van der Waals surface area contributed by atoms with Crippen molar-refractivity contribution in [1.82, 2.24) is 10.2 Å². The lowest BCUT2D eigenvalue weighted by Gasteiger charge is -2.22. The molecule has 178 valence electrons. The first-order chi connectivity index (χ1) is 15.5. The fraction of sp³-hybridized carbons (Fsp3) is 0.625. The van der Waals surface area contributed by atoms with Gasteiger partial charge in [-0.15, -0.1) is 11.3 Å². The molecule has 1 aliphatic rings. The van der Waals surface area contributed by atoms with Crippen LogP contribution in [0, 0.1) is 0 Å². The van der Waals surface area contributed by atoms with Crippen molar-refractivity contribution in [3.63, 3.8) is 0 Å². The standard InChI is InChI=1S/C24H38N4O3S/c1-4-12-28(13-5-2)24(30)18-15-21-20(27-22(25)16-18)17-19(32-21)9-7-6-8-11-26-23(29)10-14-31-3/h15,17H,4-14,16H2,1-3H3,(H2,25,27)(H,26,29). The minimum absolute atomic E-state index is 0.0397. The third-order valence-electron chi connectivity index (χ3n) is 5.24. The molecule has 0 fully saturated rings. The van der Waals surface area contributed by atoms with Crippen molar-refractivity contribution in [2.24, 2.45) is 10.7 Å². The molecule has 0 saturated heterocycles. The minimum Gasteiger partial charge on any atom is -0.387 e. The summed E-state index contributed by atoms with van der Waals surface area (Å²) in [7, 11) is 1.60. The molecule has 7 nitrogen and oxygen atoms in total. The monoisotopic (exact) mass is 462 g/mol. The lowest BCUT2D eigenvalue weighted by molar-refractivity contribution is -0.127. The highest BCUT2D eigenvalue weighted by molar-refractivity contribution is 7.13. The number of methoxy groups -OCH3 is 1. The molecule has 2 heterocycles. The average molecular weight is 463 g/mol. The van der Waals surface area contributed by atoms with Crippen LogP contribution in [0.4, 0.5) is 5.69 Å². The molecule has 1 aromatic rings. The van der Waals surface area contributed by atoms with Crippen molar-refractivity contribution in [1.29, 1.82) is 0 Å². The lowest BCUT2D eigenvalue weighted by atomic mass is 10.1. The number of nitrogens with one attached hydrogen (secondary N) is 1. The highest BCUT2D eigenvalue weighted by atomic mass is 32.1. The predicted octanol–water partition coefficient (Wildman–Crippen LogP) is 4.04. The zero-order valence-corrected chi connectivity index (χ0v) is 20.6. The van der Waals surface area contributed by atoms with Gasteiger partial charge in [0, 0.05) is 50.0 Å². The summed E-state index contributed by atoms with van der Waals surface area (Å²) in [6, 6.07) is 2.10. The maximum atomic E-state index is 13.1. The van der Waals surface area contributed by atoms with Gasteiger partial charge in [0.1, 0.15) is 5.84 Å². The molecular weight excluding hydrogens is 424 g/mol. The van der Waals surface area contributed by atoms with Gasteiger partial charge < -0.3 is 20.7 Å². The first-order valence-electron chi connectivity index (χ1n) is 11.7. The number of thiophene rings is 1. The molecule has 0 aliphatic carbocycles. The Hall–Kier alpha value is -2.19. The fourth-order valence-corrected chi connectivity index (χ4v) is 4.78. The Labute approximate surface area is 196 Å². The molecular formula is C24H38N4O3S. The van der Waals surface area contributed by atoms with E-state index in [2.05, 4.69) is 30.2 Å². The summed E-state index contributed by atoms with van der Waals surface area (Å²) >= 11 is 1.69. The van der Waals surface area contributed by atoms with Crippen LogP contribution in [0.25, 0.3) is 6.08 Å². The quantitative estimate of drug-likeness (QED) is 0.408. The van der Waals surface area contributed by atoms with E-state index in [0.717, 1.165) is 67.8 Å². The van der Waals surface area contributed by atoms with Crippen LogP contribution in [-0.4, -0.2) is 55.9 Å². The molecule has 2 rings (SSSR count). The van der Waals surface area contributed by atoms with Gasteiger partial charge in [0.25, 0.3) is 0 Å². The van der Waals surface area contributed by atoms with Crippen molar-refractivity contribution in [3.8, 4) is 0 Å². The van der Waals surface area contributed by atoms with Gasteiger partial charge >= 0.3 is 0 Å². The highest BCUT2D eigenvalue weighted by Gasteiger charge is 2.21. The van der Waals surface area contributed by atoms with E-state index in [1.165, 1.54) is 4.88 Å². The number of amides is 2. The van der Waals surface area contributed by atoms with Crippen LogP contribution < -0.4 is 11.1 Å². The molecule has 2 amide bonds. The van der Waals surface area contributed by atoms with Crippen LogP contribution in [0.1, 0.15) is 68.5 Å². The van der Waals surface area contributed by atoms with Crippen molar-refractivity contribution < 1.29 is 14.3 Å². The first kappa shape index (κ1) is 26.1. The topological polar surface area (TPSA) is 97.0 Å². The van der Waals surface area contributed by atoms with Crippen LogP contribution in [0.5, 0.6) is 0 Å². The Kier molecular flexibility index (Phi) is 11.5. The largest absolute Gasteiger partial charge is 0.387 e. The van der Waals surface area contributed by atoms with Gasteiger partial charge in [-0.1, -0.05) is 20.3 Å². The Morgan fingerprint density at radius 3 is 2.66 bits per heavy atom. The molecule has 0 bridgehead atoms. The van der Waals surface area contributed by atoms with E-state index < -0.39 is 0 Å². The van der Waals surface area contributed by atoms with Gasteiger partial charge in [-0.3, -0.25) is 9.59 Å². The summed E-state index contributed by atoms with van der Waals surface area (Å²) in [6.45, 7) is 6.86. The molecule has 0 unspecified atom stereocenters. The number of rotatable bonds is 14. The lowest BCUT2D eigenvalue weighted by Crippen LogP contribution is -2.34. The molecule has 1 aromatic heterocycles. The maximum absolute atomic E-state index is 13.1. The smallest absolute Gasteiger partial charge is 0.250 e. The van der Waals surface area contributed by atoms with Crippen molar-refractivity contribution >= 4 is 40.8 Å². The zero-order chi connectivity index (χ0) is 23.3. The van der Waals surface area contributed by atoms with Crippen molar-refractivity contribution in [3.05, 3.63) is 21.4 Å². The number of amidine groups is 1. The van der Waals surface area contributed by atoms with E-state index in [1.807, 2.05) is 11.0 Å². The fourth-order valence-electron chi connectivity index (χ4n) is 3.67. The Bertz CT molecular complexity index is 810. The summed E-state index contributed by atoms with van der Waals surface area (Å²) in [6.07, 6.45) is 8.68. The second kappa shape index (κ2) is 14.1. The van der Waals surface area contributed by atoms with Crippen LogP contribution in [-0.2, 0) is 20.7 Å². The second-order valence-electron chi connectivity index (χ2n) is 8.11. The predicted molar refractivity (Wildman–Crippen MR) is 132 cm³/mol. The Balaban J connectivity index is 1.92. The molecule has 0 saturated carbocycles. The zero-order valence-electron chi connectivity index (χ0n) is 19.7. The first-order valence-corrected chi connectivity index (χ1v) is 12.5. The minimum atomic E-state index is 0.0397. The number of fused-ring (bicyclic) bond motifs is 1. The van der Waals surface area contributed by atoms with E-state index in [9.17, 15) is 9.59 Å². The Morgan fingerprint density at radius 2 is 1.97 bits per heavy atom. The van der Waals surface area contributed by atoms with Gasteiger partial charge in [0.05, 0.1) is 17.2 Å². The van der Waals surface area contributed by atoms with Gasteiger partial charge in [0.2, 0.25) is 11.8 Å². The van der Waals surface area contributed by atoms with Gasteiger partial charge in [0.15, 0.2) is 0 Å². The summed E-state index contributed by atoms with van der Waals surface area (Å²) in [5.74, 6) is 0.602. The van der Waals surface area contributed by atoms with Crippen LogP contribution in [0.15, 0.2) is 16.6 Å². The molecule has 0 spiro atoms. The number of nitrogens with zero attached hydrogens (tertiary/aromatic N) is 2. The number of hydrogen-bond acceptors (Lipinski definition) is 6. The number of nitrogens with two attached hydrogens (primary N) is 1. The number of aryl methyl sites for hydroxylation is 1. The number of ether oxygens (including phenoxy) is 1. The number of aliphatic imine (C=N–C) groups is 1. The van der Waals surface area contributed by atoms with Gasteiger partial charge in [-0.25, -0.2) is 4.99 Å². The van der Waals surface area contributed by atoms with Crippen molar-refractivity contribution in [2.75, 3.05) is 33.4 Å². The van der Waals surface area contributed by atoms with E-state index >= 15 is 0 Å². The summed E-state index contributed by atoms with van der Waals surface area (Å²) in [5.41, 5.74) is 7.74. The normalized spacial score (nSPS) is 13.1. The summed E-state index contributed by atoms with van der Waals surface area (Å²) in [5, 5.41) is 2.92. The third kappa shape index (κ3) is 8.39. The van der Waals surface area contributed by atoms with E-state index in [0.29, 0.717) is 31.8 Å². The summed E-state index contributed by atoms with van der Waals surface area (Å²) in [4.78, 5) is 33.4. The Morgan fingerprint density at radius 1 is 1.22 bits per heavy atom. The highest BCUT2D eigenvalue weighted by Crippen LogP contribution is 2.35. The number of unbranched alkanes of at least 4 members (excludes halogenated alkanes) is 2. The average Bonchev–Trinajstić information content (AvgIpc) is 3.06. The summed E-state index contributed by atoms with van der Waals surface area (Å²) < 4.78 is 4.91. The van der Waals surface area contributed by atoms with E-state index in [-0.39, 0.29) is 11.8 Å². The third-order valence-corrected chi connectivity index (χ3v) is 6.37. The number of hydrogen-bond donors (Lipinski definition) is 2. The van der Waals surface area contributed by atoms with E-state index in [1.54, 1.807) is 18.4 Å². The molecule has 1 aliphatic heterocycles. The second-order valence-corrected chi connectivity index (χ2v) is 9.28. The number of carbonyl (C=O) groups excluding carboxylic acids is 2. The van der Waals surface area contributed by atoms with Gasteiger partial charge in [-0.2, -0.15) is 0 Å². The molecule has 0 atom stereocenters. The molecule has 32 heavy (non-hydrogen) atoms. The van der Waals surface area contributed by atoms with Gasteiger partial charge in [-0.05, 0) is 44.2 Å². The maximum Gasteiger partial charge on any atom is 0.250 e. The van der Waals surface area contributed by atoms with Crippen LogP contribution >= 0.6 is 11.3 Å².